The standard InChI is InChI=1S/C16H16BrN3O.C2H6/c1-10-9-15(19-11(2)18-10)14-7-8-20(16(14)21)13-5-3-12(17)4-6-13;1-2/h3-6,9,14H,7-8H2,1-2H3;1-2H3. The minimum atomic E-state index is -0.158. The van der Waals surface area contributed by atoms with Crippen molar-refractivity contribution in [3.63, 3.8) is 0 Å². The van der Waals surface area contributed by atoms with Crippen LogP contribution in [0, 0.1) is 13.8 Å². The molecule has 4 nitrogen and oxygen atoms in total. The number of nitrogens with zero attached hydrogens (tertiary/aromatic N) is 3. The molecule has 0 saturated carbocycles. The summed E-state index contributed by atoms with van der Waals surface area (Å²) < 4.78 is 1.01. The fourth-order valence-corrected chi connectivity index (χ4v) is 3.02. The van der Waals surface area contributed by atoms with Crippen molar-refractivity contribution in [2.45, 2.75) is 40.0 Å². The molecule has 1 unspecified atom stereocenters. The van der Waals surface area contributed by atoms with E-state index in [0.29, 0.717) is 0 Å². The highest BCUT2D eigenvalue weighted by atomic mass is 79.9. The van der Waals surface area contributed by atoms with Crippen molar-refractivity contribution in [2.24, 2.45) is 0 Å². The number of carbonyl (C=O) groups is 1. The quantitative estimate of drug-likeness (QED) is 0.780. The number of aromatic nitrogens is 2. The van der Waals surface area contributed by atoms with Gasteiger partial charge in [0.25, 0.3) is 0 Å². The lowest BCUT2D eigenvalue weighted by Crippen LogP contribution is -2.26. The Hall–Kier alpha value is -1.75. The monoisotopic (exact) mass is 375 g/mol. The van der Waals surface area contributed by atoms with Crippen molar-refractivity contribution in [1.29, 1.82) is 0 Å². The summed E-state index contributed by atoms with van der Waals surface area (Å²) in [5, 5.41) is 0. The van der Waals surface area contributed by atoms with Gasteiger partial charge in [0.05, 0.1) is 11.6 Å². The molecule has 122 valence electrons. The van der Waals surface area contributed by atoms with Crippen LogP contribution in [0.4, 0.5) is 5.69 Å². The van der Waals surface area contributed by atoms with Crippen molar-refractivity contribution < 1.29 is 4.79 Å². The smallest absolute Gasteiger partial charge is 0.236 e. The van der Waals surface area contributed by atoms with E-state index in [9.17, 15) is 4.79 Å². The molecule has 0 N–H and O–H groups in total. The Morgan fingerprint density at radius 2 is 1.78 bits per heavy atom. The highest BCUT2D eigenvalue weighted by Crippen LogP contribution is 2.32. The van der Waals surface area contributed by atoms with E-state index < -0.39 is 0 Å². The van der Waals surface area contributed by atoms with Crippen LogP contribution in [-0.2, 0) is 4.79 Å². The molecule has 1 amide bonds. The van der Waals surface area contributed by atoms with Crippen LogP contribution in [0.3, 0.4) is 0 Å². The zero-order valence-electron chi connectivity index (χ0n) is 14.0. The Labute approximate surface area is 146 Å². The lowest BCUT2D eigenvalue weighted by molar-refractivity contribution is -0.118. The maximum atomic E-state index is 12.7. The molecule has 1 aromatic carbocycles. The van der Waals surface area contributed by atoms with Crippen LogP contribution in [0.15, 0.2) is 34.8 Å². The summed E-state index contributed by atoms with van der Waals surface area (Å²) in [6.45, 7) is 8.53. The summed E-state index contributed by atoms with van der Waals surface area (Å²) in [5.41, 5.74) is 2.69. The van der Waals surface area contributed by atoms with Gasteiger partial charge in [0, 0.05) is 22.4 Å². The molecule has 3 rings (SSSR count). The molecule has 5 heteroatoms. The van der Waals surface area contributed by atoms with Crippen molar-refractivity contribution in [3.05, 3.63) is 52.0 Å². The Balaban J connectivity index is 0.000000924. The Bertz CT molecular complexity index is 665. The normalized spacial score (nSPS) is 17.0. The second kappa shape index (κ2) is 7.68. The molecule has 23 heavy (non-hydrogen) atoms. The van der Waals surface area contributed by atoms with E-state index in [1.165, 1.54) is 0 Å². The molecule has 0 bridgehead atoms. The fourth-order valence-electron chi connectivity index (χ4n) is 2.76. The number of hydrogen-bond acceptors (Lipinski definition) is 3. The van der Waals surface area contributed by atoms with Crippen LogP contribution >= 0.6 is 15.9 Å². The van der Waals surface area contributed by atoms with Gasteiger partial charge in [-0.3, -0.25) is 4.79 Å². The first-order valence-corrected chi connectivity index (χ1v) is 8.73. The van der Waals surface area contributed by atoms with Crippen LogP contribution in [0.2, 0.25) is 0 Å². The zero-order chi connectivity index (χ0) is 17.0. The average Bonchev–Trinajstić information content (AvgIpc) is 2.91. The first-order valence-electron chi connectivity index (χ1n) is 7.94. The number of halogens is 1. The number of anilines is 1. The molecule has 2 aromatic rings. The third kappa shape index (κ3) is 3.96. The van der Waals surface area contributed by atoms with E-state index in [1.54, 1.807) is 0 Å². The number of hydrogen-bond donors (Lipinski definition) is 0. The Morgan fingerprint density at radius 3 is 2.39 bits per heavy atom. The van der Waals surface area contributed by atoms with Gasteiger partial charge in [-0.05, 0) is 50.6 Å². The van der Waals surface area contributed by atoms with E-state index in [-0.39, 0.29) is 11.8 Å². The van der Waals surface area contributed by atoms with E-state index in [2.05, 4.69) is 25.9 Å². The number of carbonyl (C=O) groups excluding carboxylic acids is 1. The lowest BCUT2D eigenvalue weighted by atomic mass is 10.0. The fraction of sp³-hybridized carbons (Fsp3) is 0.389. The van der Waals surface area contributed by atoms with Crippen LogP contribution in [-0.4, -0.2) is 22.4 Å². The highest BCUT2D eigenvalue weighted by Gasteiger charge is 2.34. The van der Waals surface area contributed by atoms with Gasteiger partial charge >= 0.3 is 0 Å². The Kier molecular flexibility index (Phi) is 5.88. The average molecular weight is 376 g/mol. The summed E-state index contributed by atoms with van der Waals surface area (Å²) in [6.07, 6.45) is 0.796. The summed E-state index contributed by atoms with van der Waals surface area (Å²) in [6, 6.07) is 9.74. The summed E-state index contributed by atoms with van der Waals surface area (Å²) in [7, 11) is 0. The Morgan fingerprint density at radius 1 is 1.13 bits per heavy atom. The molecule has 0 radical (unpaired) electrons. The first kappa shape index (κ1) is 17.6. The van der Waals surface area contributed by atoms with Crippen molar-refractivity contribution in [2.75, 3.05) is 11.4 Å². The number of rotatable bonds is 2. The minimum absolute atomic E-state index is 0.120. The molecule has 0 aliphatic carbocycles. The van der Waals surface area contributed by atoms with Gasteiger partial charge in [-0.25, -0.2) is 9.97 Å². The van der Waals surface area contributed by atoms with Crippen molar-refractivity contribution in [1.82, 2.24) is 9.97 Å². The van der Waals surface area contributed by atoms with Crippen LogP contribution in [0.25, 0.3) is 0 Å². The number of aryl methyl sites for hydroxylation is 2. The van der Waals surface area contributed by atoms with Gasteiger partial charge in [0.1, 0.15) is 5.82 Å². The predicted octanol–water partition coefficient (Wildman–Crippen LogP) is 4.40. The van der Waals surface area contributed by atoms with Gasteiger partial charge in [-0.2, -0.15) is 0 Å². The summed E-state index contributed by atoms with van der Waals surface area (Å²) in [5.74, 6) is 0.684. The predicted molar refractivity (Wildman–Crippen MR) is 96.7 cm³/mol. The van der Waals surface area contributed by atoms with E-state index in [4.69, 9.17) is 0 Å². The van der Waals surface area contributed by atoms with E-state index in [1.807, 2.05) is 62.9 Å². The maximum absolute atomic E-state index is 12.7. The van der Waals surface area contributed by atoms with E-state index >= 15 is 0 Å². The third-order valence-corrected chi connectivity index (χ3v) is 4.22. The molecule has 1 aliphatic rings. The SMILES string of the molecule is CC.Cc1cc(C2CCN(c3ccc(Br)cc3)C2=O)nc(C)n1. The first-order chi connectivity index (χ1) is 11.0. The van der Waals surface area contributed by atoms with Gasteiger partial charge in [0.15, 0.2) is 0 Å². The minimum Gasteiger partial charge on any atom is -0.312 e. The summed E-state index contributed by atoms with van der Waals surface area (Å²) >= 11 is 3.41. The molecule has 1 atom stereocenters. The molecule has 1 aliphatic heterocycles. The van der Waals surface area contributed by atoms with Crippen molar-refractivity contribution >= 4 is 27.5 Å². The molecule has 0 spiro atoms. The molecule has 1 fully saturated rings. The topological polar surface area (TPSA) is 46.1 Å². The zero-order valence-corrected chi connectivity index (χ0v) is 15.6. The second-order valence-corrected chi connectivity index (χ2v) is 6.20. The van der Waals surface area contributed by atoms with Crippen LogP contribution < -0.4 is 4.90 Å². The second-order valence-electron chi connectivity index (χ2n) is 5.29. The van der Waals surface area contributed by atoms with Crippen LogP contribution in [0.1, 0.15) is 43.4 Å². The highest BCUT2D eigenvalue weighted by molar-refractivity contribution is 9.10. The molecule has 1 aromatic heterocycles. The number of amides is 1. The van der Waals surface area contributed by atoms with Gasteiger partial charge < -0.3 is 4.90 Å². The van der Waals surface area contributed by atoms with Crippen LogP contribution in [0.5, 0.6) is 0 Å². The molecular weight excluding hydrogens is 354 g/mol. The number of benzene rings is 1. The molecular formula is C18H22BrN3O. The van der Waals surface area contributed by atoms with Gasteiger partial charge in [0.2, 0.25) is 5.91 Å². The molecule has 1 saturated heterocycles. The third-order valence-electron chi connectivity index (χ3n) is 3.69. The van der Waals surface area contributed by atoms with E-state index in [0.717, 1.165) is 40.3 Å². The summed E-state index contributed by atoms with van der Waals surface area (Å²) in [4.78, 5) is 23.2. The maximum Gasteiger partial charge on any atom is 0.236 e. The lowest BCUT2D eigenvalue weighted by Gasteiger charge is -2.17. The molecule has 2 heterocycles. The van der Waals surface area contributed by atoms with Gasteiger partial charge in [-0.1, -0.05) is 29.8 Å². The van der Waals surface area contributed by atoms with Crippen molar-refractivity contribution in [3.8, 4) is 0 Å². The van der Waals surface area contributed by atoms with Gasteiger partial charge in [-0.15, -0.1) is 0 Å². The largest absolute Gasteiger partial charge is 0.312 e.